The number of carbonyl (C=O) groups excluding carboxylic acids is 2. The molecule has 4 aromatic rings. The third-order valence-corrected chi connectivity index (χ3v) is 12.0. The predicted molar refractivity (Wildman–Crippen MR) is 214 cm³/mol. The van der Waals surface area contributed by atoms with E-state index >= 15 is 4.39 Å². The van der Waals surface area contributed by atoms with Gasteiger partial charge >= 0.3 is 12.1 Å². The van der Waals surface area contributed by atoms with Gasteiger partial charge in [-0.1, -0.05) is 41.9 Å². The number of alkyl halides is 1. The van der Waals surface area contributed by atoms with Crippen LogP contribution < -0.4 is 9.64 Å². The summed E-state index contributed by atoms with van der Waals surface area (Å²) < 4.78 is 63.8. The maximum atomic E-state index is 17.0. The third kappa shape index (κ3) is 7.75. The first-order valence-electron chi connectivity index (χ1n) is 19.7. The molecule has 2 aromatic carbocycles. The first-order chi connectivity index (χ1) is 27.7. The van der Waals surface area contributed by atoms with Gasteiger partial charge in [0.15, 0.2) is 5.82 Å². The van der Waals surface area contributed by atoms with Gasteiger partial charge in [0.1, 0.15) is 41.2 Å². The van der Waals surface area contributed by atoms with Crippen molar-refractivity contribution in [2.75, 3.05) is 64.5 Å². The Morgan fingerprint density at radius 2 is 1.95 bits per heavy atom. The summed E-state index contributed by atoms with van der Waals surface area (Å²) in [5, 5.41) is 1.09. The second kappa shape index (κ2) is 15.8. The number of likely N-dealkylation sites (tertiary alicyclic amines) is 1. The Hall–Kier alpha value is -4.73. The van der Waals surface area contributed by atoms with Crippen molar-refractivity contribution in [2.45, 2.75) is 75.8 Å². The molecule has 0 aliphatic carbocycles. The number of amides is 2. The Morgan fingerprint density at radius 3 is 2.76 bits per heavy atom. The largest absolute Gasteiger partial charge is 0.461 e. The first kappa shape index (κ1) is 40.1. The maximum absolute atomic E-state index is 17.0. The number of pyridine rings is 1. The minimum Gasteiger partial charge on any atom is -0.461 e. The molecule has 1 unspecified atom stereocenters. The number of hydrogen-bond acceptors (Lipinski definition) is 10. The lowest BCUT2D eigenvalue weighted by molar-refractivity contribution is -0.125. The lowest BCUT2D eigenvalue weighted by Crippen LogP contribution is -2.49. The third-order valence-electron chi connectivity index (χ3n) is 11.7. The van der Waals surface area contributed by atoms with E-state index in [2.05, 4.69) is 14.9 Å². The molecule has 6 heterocycles. The number of hydrogen-bond donors (Lipinski definition) is 0. The number of halogens is 4. The van der Waals surface area contributed by atoms with Crippen LogP contribution >= 0.6 is 11.6 Å². The number of aromatic nitrogens is 3. The highest BCUT2D eigenvalue weighted by atomic mass is 35.5. The van der Waals surface area contributed by atoms with Crippen molar-refractivity contribution in [3.05, 3.63) is 65.3 Å². The van der Waals surface area contributed by atoms with E-state index in [0.717, 1.165) is 19.4 Å². The van der Waals surface area contributed by atoms with Gasteiger partial charge in [0.05, 0.1) is 35.2 Å². The number of rotatable bonds is 8. The van der Waals surface area contributed by atoms with E-state index in [1.807, 2.05) is 11.9 Å². The van der Waals surface area contributed by atoms with Crippen molar-refractivity contribution in [1.29, 1.82) is 0 Å². The van der Waals surface area contributed by atoms with Crippen LogP contribution in [-0.4, -0.2) is 131 Å². The molecule has 58 heavy (non-hydrogen) atoms. The average Bonchev–Trinajstić information content (AvgIpc) is 3.92. The number of carbonyl (C=O) groups is 2. The van der Waals surface area contributed by atoms with Crippen LogP contribution in [0, 0.1) is 11.6 Å². The highest BCUT2D eigenvalue weighted by molar-refractivity contribution is 6.36. The van der Waals surface area contributed by atoms with Crippen molar-refractivity contribution < 1.29 is 37.0 Å². The zero-order valence-electron chi connectivity index (χ0n) is 33.0. The van der Waals surface area contributed by atoms with Crippen LogP contribution in [-0.2, 0) is 14.3 Å². The van der Waals surface area contributed by atoms with E-state index in [-0.39, 0.29) is 47.4 Å². The molecule has 16 heteroatoms. The van der Waals surface area contributed by atoms with Crippen LogP contribution in [0.2, 0.25) is 5.02 Å². The molecule has 0 N–H and O–H groups in total. The summed E-state index contributed by atoms with van der Waals surface area (Å²) in [5.74, 6) is -1.29. The van der Waals surface area contributed by atoms with Crippen LogP contribution in [0.15, 0.2) is 48.7 Å². The van der Waals surface area contributed by atoms with Gasteiger partial charge in [0, 0.05) is 68.9 Å². The molecular formula is C42H47ClF3N7O5. The Balaban J connectivity index is 1.08. The van der Waals surface area contributed by atoms with E-state index in [1.165, 1.54) is 18.3 Å². The molecule has 4 atom stereocenters. The Labute approximate surface area is 339 Å². The normalized spacial score (nSPS) is 24.0. The molecule has 2 amide bonds. The highest BCUT2D eigenvalue weighted by Crippen LogP contribution is 2.42. The average molecular weight is 822 g/mol. The second-order valence-corrected chi connectivity index (χ2v) is 17.0. The topological polar surface area (TPSA) is 113 Å². The van der Waals surface area contributed by atoms with Crippen molar-refractivity contribution in [3.63, 3.8) is 0 Å². The minimum atomic E-state index is -0.964. The fourth-order valence-corrected chi connectivity index (χ4v) is 9.03. The summed E-state index contributed by atoms with van der Waals surface area (Å²) in [7, 11) is 1.82. The fourth-order valence-electron chi connectivity index (χ4n) is 8.76. The minimum absolute atomic E-state index is 0.0601. The summed E-state index contributed by atoms with van der Waals surface area (Å²) >= 11 is 6.44. The summed E-state index contributed by atoms with van der Waals surface area (Å²) in [6.45, 7) is 8.39. The summed E-state index contributed by atoms with van der Waals surface area (Å²) in [6.07, 6.45) is 5.80. The van der Waals surface area contributed by atoms with Crippen LogP contribution in [0.25, 0.3) is 32.9 Å². The van der Waals surface area contributed by atoms with E-state index in [0.29, 0.717) is 73.2 Å². The van der Waals surface area contributed by atoms with Crippen LogP contribution in [0.1, 0.15) is 46.5 Å². The Morgan fingerprint density at radius 1 is 1.12 bits per heavy atom. The van der Waals surface area contributed by atoms with Crippen LogP contribution in [0.3, 0.4) is 0 Å². The summed E-state index contributed by atoms with van der Waals surface area (Å²) in [5.41, 5.74) is -0.999. The van der Waals surface area contributed by atoms with Gasteiger partial charge in [-0.3, -0.25) is 19.6 Å². The Bertz CT molecular complexity index is 2280. The van der Waals surface area contributed by atoms with Crippen LogP contribution in [0.4, 0.5) is 23.8 Å². The van der Waals surface area contributed by atoms with Crippen LogP contribution in [0.5, 0.6) is 6.01 Å². The van der Waals surface area contributed by atoms with E-state index in [1.54, 1.807) is 60.9 Å². The molecule has 2 aromatic heterocycles. The molecule has 12 nitrogen and oxygen atoms in total. The molecule has 0 saturated carbocycles. The number of anilines is 1. The number of nitrogens with zero attached hydrogens (tertiary/aromatic N) is 7. The van der Waals surface area contributed by atoms with Gasteiger partial charge in [-0.25, -0.2) is 18.0 Å². The summed E-state index contributed by atoms with van der Waals surface area (Å²) in [4.78, 5) is 47.6. The number of benzene rings is 2. The smallest absolute Gasteiger partial charge is 0.410 e. The highest BCUT2D eigenvalue weighted by Gasteiger charge is 2.49. The van der Waals surface area contributed by atoms with Crippen molar-refractivity contribution in [2.24, 2.45) is 0 Å². The molecule has 4 saturated heterocycles. The van der Waals surface area contributed by atoms with Gasteiger partial charge in [0.2, 0.25) is 5.91 Å². The number of likely N-dealkylation sites (N-methyl/N-ethyl adjacent to an activating group) is 1. The SMILES string of the molecule is CN(c1nc(OC[C@@]23CCCN2C[C@H](F)C3)nc2c(F)c(-c3cccc4ccc(F)c(Cl)c34)ncc12)[C@@H]1CCN(C(=O)/C=C/C2COCCN2C(=O)OC(C)(C)C)C1. The molecule has 4 aliphatic rings. The lowest BCUT2D eigenvalue weighted by atomic mass is 9.95. The lowest BCUT2D eigenvalue weighted by Gasteiger charge is -2.35. The summed E-state index contributed by atoms with van der Waals surface area (Å²) in [6, 6.07) is 7.18. The van der Waals surface area contributed by atoms with Gasteiger partial charge in [0.25, 0.3) is 0 Å². The molecule has 8 rings (SSSR count). The van der Waals surface area contributed by atoms with Gasteiger partial charge in [-0.2, -0.15) is 9.97 Å². The fraction of sp³-hybridized carbons (Fsp3) is 0.500. The van der Waals surface area contributed by atoms with Crippen molar-refractivity contribution in [3.8, 4) is 17.3 Å². The molecular weight excluding hydrogens is 775 g/mol. The zero-order valence-corrected chi connectivity index (χ0v) is 33.8. The maximum Gasteiger partial charge on any atom is 0.410 e. The number of morpholine rings is 1. The quantitative estimate of drug-likeness (QED) is 0.173. The Kier molecular flexibility index (Phi) is 10.9. The van der Waals surface area contributed by atoms with Crippen molar-refractivity contribution >= 4 is 51.1 Å². The zero-order chi connectivity index (χ0) is 40.9. The molecule has 308 valence electrons. The molecule has 4 aliphatic heterocycles. The standard InChI is InChI=1S/C42H47ClF3N7O5/c1-41(2,3)58-40(55)53-17-18-56-23-28(53)10-12-32(54)51-16-13-27(22-51)50(4)38-30-20-47-36(29-8-5-7-25-9-11-31(45)34(43)33(25)29)35(46)37(30)48-39(49-38)57-24-42-14-6-15-52(42)21-26(44)19-42/h5,7-12,20,26-28H,6,13-19,21-24H2,1-4H3/b12-10+/t26-,27-,28?,42+/m1/s1. The van der Waals surface area contributed by atoms with Gasteiger partial charge < -0.3 is 24.0 Å². The number of fused-ring (bicyclic) bond motifs is 3. The van der Waals surface area contributed by atoms with Gasteiger partial charge in [-0.05, 0) is 58.0 Å². The van der Waals surface area contributed by atoms with E-state index in [4.69, 9.17) is 30.8 Å². The molecule has 0 spiro atoms. The number of ether oxygens (including phenoxy) is 3. The first-order valence-corrected chi connectivity index (χ1v) is 20.1. The monoisotopic (exact) mass is 821 g/mol. The molecule has 0 bridgehead atoms. The van der Waals surface area contributed by atoms with Gasteiger partial charge in [-0.15, -0.1) is 0 Å². The van der Waals surface area contributed by atoms with E-state index < -0.39 is 41.1 Å². The second-order valence-electron chi connectivity index (χ2n) is 16.7. The molecule has 0 radical (unpaired) electrons. The predicted octanol–water partition coefficient (Wildman–Crippen LogP) is 6.96. The van der Waals surface area contributed by atoms with Crippen molar-refractivity contribution in [1.82, 2.24) is 29.7 Å². The molecule has 4 fully saturated rings. The van der Waals surface area contributed by atoms with E-state index in [9.17, 15) is 18.4 Å².